The number of hydrogen-bond acceptors (Lipinski definition) is 7. The SMILES string of the molecule is Cc1ccc(CO[C@H]2CN(C3CCOCC3)CC2NC(=O)CNc2n[nH]c3ccc(C(F)(F)F)cc23)cn1. The number of hydrogen-bond donors (Lipinski definition) is 3. The molecule has 204 valence electrons. The Morgan fingerprint density at radius 2 is 2.03 bits per heavy atom. The highest BCUT2D eigenvalue weighted by molar-refractivity contribution is 5.92. The summed E-state index contributed by atoms with van der Waals surface area (Å²) in [5.74, 6) is -0.103. The van der Waals surface area contributed by atoms with Gasteiger partial charge in [0.25, 0.3) is 0 Å². The van der Waals surface area contributed by atoms with Crippen LogP contribution in [0.1, 0.15) is 29.7 Å². The smallest absolute Gasteiger partial charge is 0.381 e. The number of aromatic nitrogens is 3. The molecule has 0 spiro atoms. The molecule has 9 nitrogen and oxygen atoms in total. The van der Waals surface area contributed by atoms with E-state index < -0.39 is 11.7 Å². The number of aryl methyl sites for hydroxylation is 1. The molecule has 0 aliphatic carbocycles. The van der Waals surface area contributed by atoms with Crippen LogP contribution in [0.25, 0.3) is 10.9 Å². The number of carbonyl (C=O) groups is 1. The zero-order valence-corrected chi connectivity index (χ0v) is 21.1. The minimum atomic E-state index is -4.47. The van der Waals surface area contributed by atoms with Crippen LogP contribution in [0.4, 0.5) is 19.0 Å². The molecule has 5 rings (SSSR count). The molecular weight excluding hydrogens is 501 g/mol. The quantitative estimate of drug-likeness (QED) is 0.409. The Bertz CT molecular complexity index is 1240. The van der Waals surface area contributed by atoms with Crippen molar-refractivity contribution in [2.24, 2.45) is 0 Å². The van der Waals surface area contributed by atoms with E-state index in [1.165, 1.54) is 6.07 Å². The summed E-state index contributed by atoms with van der Waals surface area (Å²) in [6.45, 7) is 4.93. The molecule has 4 heterocycles. The first-order valence-electron chi connectivity index (χ1n) is 12.7. The zero-order valence-electron chi connectivity index (χ0n) is 21.1. The third-order valence-corrected chi connectivity index (χ3v) is 7.09. The van der Waals surface area contributed by atoms with Gasteiger partial charge in [0.05, 0.1) is 36.4 Å². The first-order valence-corrected chi connectivity index (χ1v) is 12.7. The number of carbonyl (C=O) groups excluding carboxylic acids is 1. The molecule has 0 radical (unpaired) electrons. The molecule has 0 bridgehead atoms. The molecule has 1 amide bonds. The van der Waals surface area contributed by atoms with Crippen molar-refractivity contribution in [1.29, 1.82) is 0 Å². The fraction of sp³-hybridized carbons (Fsp3) is 0.500. The third kappa shape index (κ3) is 6.25. The fourth-order valence-corrected chi connectivity index (χ4v) is 4.99. The Morgan fingerprint density at radius 1 is 1.21 bits per heavy atom. The van der Waals surface area contributed by atoms with Gasteiger partial charge >= 0.3 is 6.18 Å². The Kier molecular flexibility index (Phi) is 7.82. The number of alkyl halides is 3. The van der Waals surface area contributed by atoms with Crippen LogP contribution in [0.15, 0.2) is 36.5 Å². The molecule has 38 heavy (non-hydrogen) atoms. The number of fused-ring (bicyclic) bond motifs is 1. The summed E-state index contributed by atoms with van der Waals surface area (Å²) in [5.41, 5.74) is 1.55. The summed E-state index contributed by atoms with van der Waals surface area (Å²) >= 11 is 0. The zero-order chi connectivity index (χ0) is 26.7. The molecule has 2 saturated heterocycles. The molecule has 2 aliphatic heterocycles. The number of anilines is 1. The summed E-state index contributed by atoms with van der Waals surface area (Å²) in [7, 11) is 0. The number of nitrogens with zero attached hydrogens (tertiary/aromatic N) is 3. The highest BCUT2D eigenvalue weighted by atomic mass is 19.4. The first kappa shape index (κ1) is 26.4. The van der Waals surface area contributed by atoms with Gasteiger partial charge in [0.2, 0.25) is 5.91 Å². The first-order chi connectivity index (χ1) is 18.3. The maximum Gasteiger partial charge on any atom is 0.416 e. The monoisotopic (exact) mass is 532 g/mol. The van der Waals surface area contributed by atoms with Gasteiger partial charge in [-0.15, -0.1) is 0 Å². The molecule has 0 saturated carbocycles. The minimum Gasteiger partial charge on any atom is -0.381 e. The summed E-state index contributed by atoms with van der Waals surface area (Å²) in [5, 5.41) is 12.9. The lowest BCUT2D eigenvalue weighted by Crippen LogP contribution is -2.46. The number of ether oxygens (including phenoxy) is 2. The van der Waals surface area contributed by atoms with Gasteiger partial charge in [0.1, 0.15) is 0 Å². The Hall–Kier alpha value is -3.22. The predicted octanol–water partition coefficient (Wildman–Crippen LogP) is 3.26. The van der Waals surface area contributed by atoms with Crippen LogP contribution in [0.2, 0.25) is 0 Å². The molecular formula is C26H31F3N6O3. The van der Waals surface area contributed by atoms with Gasteiger partial charge < -0.3 is 20.1 Å². The van der Waals surface area contributed by atoms with Crippen LogP contribution in [0, 0.1) is 6.92 Å². The van der Waals surface area contributed by atoms with Crippen LogP contribution in [0.3, 0.4) is 0 Å². The number of nitrogens with one attached hydrogen (secondary N) is 3. The summed E-state index contributed by atoms with van der Waals surface area (Å²) in [4.78, 5) is 19.6. The Balaban J connectivity index is 1.22. The second-order valence-corrected chi connectivity index (χ2v) is 9.81. The molecule has 3 N–H and O–H groups in total. The van der Waals surface area contributed by atoms with Crippen LogP contribution < -0.4 is 10.6 Å². The number of amides is 1. The van der Waals surface area contributed by atoms with Gasteiger partial charge in [-0.25, -0.2) is 0 Å². The number of halogens is 3. The van der Waals surface area contributed by atoms with Crippen molar-refractivity contribution in [3.63, 3.8) is 0 Å². The average Bonchev–Trinajstić information content (AvgIpc) is 3.50. The number of benzene rings is 1. The van der Waals surface area contributed by atoms with Gasteiger partial charge in [0.15, 0.2) is 5.82 Å². The lowest BCUT2D eigenvalue weighted by atomic mass is 10.1. The molecule has 1 aromatic carbocycles. The fourth-order valence-electron chi connectivity index (χ4n) is 4.99. The van der Waals surface area contributed by atoms with Gasteiger partial charge in [-0.3, -0.25) is 19.8 Å². The molecule has 2 fully saturated rings. The third-order valence-electron chi connectivity index (χ3n) is 7.09. The molecule has 2 atom stereocenters. The van der Waals surface area contributed by atoms with E-state index in [-0.39, 0.29) is 35.8 Å². The normalized spacial score (nSPS) is 21.2. The van der Waals surface area contributed by atoms with Gasteiger partial charge in [0, 0.05) is 49.6 Å². The highest BCUT2D eigenvalue weighted by Gasteiger charge is 2.38. The van der Waals surface area contributed by atoms with Crippen molar-refractivity contribution in [3.05, 3.63) is 53.3 Å². The molecule has 1 unspecified atom stereocenters. The van der Waals surface area contributed by atoms with Crippen LogP contribution in [0.5, 0.6) is 0 Å². The number of aromatic amines is 1. The van der Waals surface area contributed by atoms with Gasteiger partial charge in [-0.2, -0.15) is 18.3 Å². The van der Waals surface area contributed by atoms with Crippen molar-refractivity contribution in [2.45, 2.75) is 50.7 Å². The highest BCUT2D eigenvalue weighted by Crippen LogP contribution is 2.32. The summed E-state index contributed by atoms with van der Waals surface area (Å²) in [6.07, 6.45) is -1.03. The van der Waals surface area contributed by atoms with Crippen LogP contribution in [-0.2, 0) is 27.1 Å². The molecule has 3 aromatic rings. The summed E-state index contributed by atoms with van der Waals surface area (Å²) < 4.78 is 51.2. The average molecular weight is 533 g/mol. The second kappa shape index (κ2) is 11.3. The van der Waals surface area contributed by atoms with Gasteiger partial charge in [-0.1, -0.05) is 6.07 Å². The predicted molar refractivity (Wildman–Crippen MR) is 134 cm³/mol. The second-order valence-electron chi connectivity index (χ2n) is 9.81. The topological polar surface area (TPSA) is 104 Å². The molecule has 12 heteroatoms. The number of H-pyrrole nitrogens is 1. The number of rotatable bonds is 8. The van der Waals surface area contributed by atoms with E-state index in [0.29, 0.717) is 31.3 Å². The maximum absolute atomic E-state index is 13.1. The lowest BCUT2D eigenvalue weighted by Gasteiger charge is -2.30. The van der Waals surface area contributed by atoms with Crippen LogP contribution >= 0.6 is 0 Å². The minimum absolute atomic E-state index is 0.140. The van der Waals surface area contributed by atoms with Crippen molar-refractivity contribution in [1.82, 2.24) is 25.4 Å². The van der Waals surface area contributed by atoms with Crippen molar-refractivity contribution in [3.8, 4) is 0 Å². The Labute approximate surface area is 218 Å². The van der Waals surface area contributed by atoms with E-state index in [2.05, 4.69) is 30.7 Å². The summed E-state index contributed by atoms with van der Waals surface area (Å²) in [6, 6.07) is 7.38. The van der Waals surface area contributed by atoms with Gasteiger partial charge in [-0.05, 0) is 49.6 Å². The van der Waals surface area contributed by atoms with E-state index in [9.17, 15) is 18.0 Å². The standard InChI is InChI=1S/C26H31F3N6O3/c1-16-2-3-17(11-30-16)15-38-23-14-35(19-6-8-37-9-7-19)13-22(23)32-24(36)12-31-25-20-10-18(26(27,28)29)4-5-21(20)33-34-25/h2-5,10-11,19,22-23H,6-9,12-15H2,1H3,(H,32,36)(H2,31,33,34)/t22?,23-/m0/s1. The molecule has 2 aliphatic rings. The molecule has 2 aromatic heterocycles. The number of pyridine rings is 1. The number of likely N-dealkylation sites (tertiary alicyclic amines) is 1. The maximum atomic E-state index is 13.1. The lowest BCUT2D eigenvalue weighted by molar-refractivity contribution is -0.137. The van der Waals surface area contributed by atoms with Crippen molar-refractivity contribution < 1.29 is 27.4 Å². The van der Waals surface area contributed by atoms with E-state index in [1.807, 2.05) is 19.1 Å². The van der Waals surface area contributed by atoms with E-state index in [4.69, 9.17) is 9.47 Å². The largest absolute Gasteiger partial charge is 0.416 e. The van der Waals surface area contributed by atoms with Crippen LogP contribution in [-0.4, -0.2) is 77.0 Å². The Morgan fingerprint density at radius 3 is 2.76 bits per heavy atom. The van der Waals surface area contributed by atoms with E-state index in [1.54, 1.807) is 6.20 Å². The van der Waals surface area contributed by atoms with Crippen molar-refractivity contribution in [2.75, 3.05) is 38.2 Å². The van der Waals surface area contributed by atoms with Crippen molar-refractivity contribution >= 4 is 22.6 Å². The van der Waals surface area contributed by atoms with E-state index >= 15 is 0 Å². The van der Waals surface area contributed by atoms with E-state index in [0.717, 1.165) is 49.4 Å².